The molecule has 5 heteroatoms. The Balaban J connectivity index is 1.73. The van der Waals surface area contributed by atoms with Crippen LogP contribution in [-0.4, -0.2) is 19.5 Å². The highest BCUT2D eigenvalue weighted by atomic mass is 16.3. The van der Waals surface area contributed by atoms with Crippen LogP contribution in [-0.2, 0) is 29.2 Å². The molecule has 0 aliphatic heterocycles. The number of nitrogens with zero attached hydrogens (tertiary/aromatic N) is 3. The van der Waals surface area contributed by atoms with Crippen LogP contribution in [0.15, 0.2) is 41.8 Å². The number of H-pyrrole nitrogens is 1. The van der Waals surface area contributed by atoms with Crippen LogP contribution < -0.4 is 0 Å². The Morgan fingerprint density at radius 1 is 1.07 bits per heavy atom. The predicted molar refractivity (Wildman–Crippen MR) is 108 cm³/mol. The molecule has 5 nitrogen and oxygen atoms in total. The minimum Gasteiger partial charge on any atom is -0.448 e. The fourth-order valence-corrected chi connectivity index (χ4v) is 3.46. The smallest absolute Gasteiger partial charge is 0.180 e. The third-order valence-electron chi connectivity index (χ3n) is 5.20. The average molecular weight is 369 g/mol. The second kappa shape index (κ2) is 6.70. The Kier molecular flexibility index (Phi) is 4.83. The van der Waals surface area contributed by atoms with Gasteiger partial charge in [-0.25, -0.2) is 9.97 Å². The maximum absolute atomic E-state index is 5.50. The number of oxazole rings is 1. The van der Waals surface area contributed by atoms with Gasteiger partial charge in [0, 0.05) is 40.9 Å². The van der Waals surface area contributed by atoms with Gasteiger partial charge in [-0.1, -0.05) is 48.5 Å². The van der Waals surface area contributed by atoms with Crippen molar-refractivity contribution in [3.05, 3.63) is 60.1 Å². The highest BCUT2D eigenvalue weighted by Crippen LogP contribution is 2.30. The molecule has 0 aliphatic rings. The van der Waals surface area contributed by atoms with Crippen LogP contribution in [0.4, 0.5) is 0 Å². The fraction of sp³-hybridized carbons (Fsp3) is 0.545. The van der Waals surface area contributed by atoms with E-state index in [4.69, 9.17) is 9.40 Å². The first-order valence-corrected chi connectivity index (χ1v) is 9.56. The molecule has 1 N–H and O–H groups in total. The third-order valence-corrected chi connectivity index (χ3v) is 5.20. The van der Waals surface area contributed by atoms with Crippen molar-refractivity contribution in [2.24, 2.45) is 0 Å². The number of aromatic nitrogens is 4. The third kappa shape index (κ3) is 4.34. The van der Waals surface area contributed by atoms with Gasteiger partial charge < -0.3 is 14.0 Å². The Hall–Kier alpha value is -2.30. The summed E-state index contributed by atoms with van der Waals surface area (Å²) in [7, 11) is 0. The number of hydrogen-bond acceptors (Lipinski definition) is 3. The summed E-state index contributed by atoms with van der Waals surface area (Å²) in [6, 6.07) is 2.28. The molecular formula is C22H32N4O. The van der Waals surface area contributed by atoms with Gasteiger partial charge in [-0.2, -0.15) is 0 Å². The Morgan fingerprint density at radius 3 is 2.41 bits per heavy atom. The molecule has 3 heterocycles. The molecule has 0 spiro atoms. The van der Waals surface area contributed by atoms with E-state index in [9.17, 15) is 0 Å². The van der Waals surface area contributed by atoms with Gasteiger partial charge in [0.05, 0.1) is 18.2 Å². The summed E-state index contributed by atoms with van der Waals surface area (Å²) in [6.45, 7) is 16.3. The quantitative estimate of drug-likeness (QED) is 0.666. The van der Waals surface area contributed by atoms with Crippen LogP contribution in [0.1, 0.15) is 71.2 Å². The van der Waals surface area contributed by atoms with Crippen molar-refractivity contribution in [1.29, 1.82) is 0 Å². The molecule has 0 unspecified atom stereocenters. The van der Waals surface area contributed by atoms with Gasteiger partial charge in [-0.05, 0) is 18.1 Å². The van der Waals surface area contributed by atoms with E-state index < -0.39 is 0 Å². The highest BCUT2D eigenvalue weighted by molar-refractivity contribution is 5.26. The maximum atomic E-state index is 5.50. The number of aromatic amines is 1. The largest absolute Gasteiger partial charge is 0.448 e. The van der Waals surface area contributed by atoms with E-state index in [1.165, 1.54) is 17.7 Å². The molecule has 0 saturated carbocycles. The molecule has 3 aromatic rings. The average Bonchev–Trinajstić information content (AvgIpc) is 3.27. The highest BCUT2D eigenvalue weighted by Gasteiger charge is 2.28. The van der Waals surface area contributed by atoms with Gasteiger partial charge in [0.25, 0.3) is 0 Å². The lowest BCUT2D eigenvalue weighted by Crippen LogP contribution is -2.24. The summed E-state index contributed by atoms with van der Waals surface area (Å²) in [5, 5.41) is 0. The first kappa shape index (κ1) is 19.5. The Labute approximate surface area is 162 Å². The van der Waals surface area contributed by atoms with Crippen molar-refractivity contribution >= 4 is 0 Å². The summed E-state index contributed by atoms with van der Waals surface area (Å²) in [4.78, 5) is 12.2. The lowest BCUT2D eigenvalue weighted by molar-refractivity contribution is 0.342. The predicted octanol–water partition coefficient (Wildman–Crippen LogP) is 4.99. The van der Waals surface area contributed by atoms with Gasteiger partial charge in [0.1, 0.15) is 5.76 Å². The molecule has 27 heavy (non-hydrogen) atoms. The molecule has 3 aromatic heterocycles. The number of rotatable bonds is 6. The van der Waals surface area contributed by atoms with E-state index in [-0.39, 0.29) is 16.2 Å². The maximum Gasteiger partial charge on any atom is 0.180 e. The number of nitrogens with one attached hydrogen (secondary N) is 1. The van der Waals surface area contributed by atoms with E-state index in [0.29, 0.717) is 0 Å². The molecule has 0 saturated heterocycles. The van der Waals surface area contributed by atoms with Crippen molar-refractivity contribution in [1.82, 2.24) is 19.5 Å². The summed E-state index contributed by atoms with van der Waals surface area (Å²) in [6.07, 6.45) is 10.4. The van der Waals surface area contributed by atoms with E-state index >= 15 is 0 Å². The van der Waals surface area contributed by atoms with Crippen molar-refractivity contribution in [3.8, 4) is 0 Å². The topological polar surface area (TPSA) is 59.6 Å². The molecule has 0 radical (unpaired) electrons. The summed E-state index contributed by atoms with van der Waals surface area (Å²) >= 11 is 0. The lowest BCUT2D eigenvalue weighted by atomic mass is 9.83. The molecule has 0 aromatic carbocycles. The molecule has 0 bridgehead atoms. The van der Waals surface area contributed by atoms with Crippen molar-refractivity contribution in [3.63, 3.8) is 0 Å². The first-order chi connectivity index (χ1) is 12.5. The van der Waals surface area contributed by atoms with Crippen LogP contribution in [0.3, 0.4) is 0 Å². The van der Waals surface area contributed by atoms with Gasteiger partial charge in [-0.3, -0.25) is 0 Å². The van der Waals surface area contributed by atoms with Crippen LogP contribution >= 0.6 is 0 Å². The monoisotopic (exact) mass is 368 g/mol. The minimum absolute atomic E-state index is 0.0427. The minimum atomic E-state index is -0.138. The molecule has 0 atom stereocenters. The summed E-state index contributed by atoms with van der Waals surface area (Å²) in [5.41, 5.74) is 3.65. The van der Waals surface area contributed by atoms with Crippen molar-refractivity contribution < 1.29 is 4.42 Å². The lowest BCUT2D eigenvalue weighted by Gasteiger charge is -2.23. The van der Waals surface area contributed by atoms with Crippen LogP contribution in [0.5, 0.6) is 0 Å². The molecule has 0 aliphatic carbocycles. The molecular weight excluding hydrogens is 336 g/mol. The Morgan fingerprint density at radius 2 is 1.81 bits per heavy atom. The zero-order valence-electron chi connectivity index (χ0n) is 17.6. The SMILES string of the molecule is CC(C)(C)c1cc(CC(C)(C)c2cn(CC(C)(C)c3cnco3)cn2)c[nH]1. The zero-order valence-corrected chi connectivity index (χ0v) is 17.6. The summed E-state index contributed by atoms with van der Waals surface area (Å²) < 4.78 is 7.66. The molecule has 0 amide bonds. The zero-order chi connectivity index (χ0) is 19.9. The van der Waals surface area contributed by atoms with Gasteiger partial charge >= 0.3 is 0 Å². The van der Waals surface area contributed by atoms with Crippen molar-refractivity contribution in [2.75, 3.05) is 0 Å². The van der Waals surface area contributed by atoms with Crippen LogP contribution in [0, 0.1) is 0 Å². The number of hydrogen-bond donors (Lipinski definition) is 1. The van der Waals surface area contributed by atoms with E-state index in [1.54, 1.807) is 6.20 Å². The molecule has 146 valence electrons. The normalized spacial score (nSPS) is 13.3. The van der Waals surface area contributed by atoms with Gasteiger partial charge in [0.2, 0.25) is 0 Å². The van der Waals surface area contributed by atoms with E-state index in [2.05, 4.69) is 81.5 Å². The Bertz CT molecular complexity index is 876. The number of imidazole rings is 1. The summed E-state index contributed by atoms with van der Waals surface area (Å²) in [5.74, 6) is 0.888. The van der Waals surface area contributed by atoms with Gasteiger partial charge in [-0.15, -0.1) is 0 Å². The van der Waals surface area contributed by atoms with Gasteiger partial charge in [0.15, 0.2) is 6.39 Å². The second-order valence-corrected chi connectivity index (χ2v) is 9.91. The second-order valence-electron chi connectivity index (χ2n) is 9.91. The van der Waals surface area contributed by atoms with Crippen LogP contribution in [0.25, 0.3) is 0 Å². The first-order valence-electron chi connectivity index (χ1n) is 9.56. The van der Waals surface area contributed by atoms with E-state index in [1.807, 2.05) is 6.33 Å². The standard InChI is InChI=1S/C22H32N4O/c1-20(2,3)17-8-16(10-24-17)9-21(4,5)18-12-26(14-25-18)13-22(6,7)19-11-23-15-27-19/h8,10-12,14-15,24H,9,13H2,1-7H3. The van der Waals surface area contributed by atoms with Crippen molar-refractivity contribution in [2.45, 2.75) is 77.7 Å². The molecule has 0 fully saturated rings. The van der Waals surface area contributed by atoms with Crippen LogP contribution in [0.2, 0.25) is 0 Å². The fourth-order valence-electron chi connectivity index (χ4n) is 3.46. The molecule has 3 rings (SSSR count). The van der Waals surface area contributed by atoms with E-state index in [0.717, 1.165) is 24.4 Å².